The summed E-state index contributed by atoms with van der Waals surface area (Å²) in [6, 6.07) is 12.4. The first-order valence-corrected chi connectivity index (χ1v) is 11.3. The Labute approximate surface area is 193 Å². The number of aromatic nitrogens is 3. The van der Waals surface area contributed by atoms with Crippen LogP contribution in [-0.2, 0) is 22.7 Å². The average molecular weight is 452 g/mol. The van der Waals surface area contributed by atoms with Gasteiger partial charge in [-0.25, -0.2) is 14.4 Å². The largest absolute Gasteiger partial charge is 0.370 e. The van der Waals surface area contributed by atoms with E-state index in [2.05, 4.69) is 28.7 Å². The van der Waals surface area contributed by atoms with Crippen LogP contribution < -0.4 is 0 Å². The van der Waals surface area contributed by atoms with E-state index in [1.54, 1.807) is 36.7 Å². The van der Waals surface area contributed by atoms with Crippen molar-refractivity contribution in [2.75, 3.05) is 26.2 Å². The van der Waals surface area contributed by atoms with Crippen LogP contribution in [0, 0.1) is 11.7 Å². The molecule has 33 heavy (non-hydrogen) atoms. The van der Waals surface area contributed by atoms with Crippen LogP contribution in [0.15, 0.2) is 61.1 Å². The molecule has 174 valence electrons. The number of hydrogen-bond donors (Lipinski definition) is 0. The van der Waals surface area contributed by atoms with Crippen molar-refractivity contribution < 1.29 is 13.9 Å². The van der Waals surface area contributed by atoms with Gasteiger partial charge in [-0.05, 0) is 30.2 Å². The third-order valence-electron chi connectivity index (χ3n) is 5.60. The van der Waals surface area contributed by atoms with E-state index in [0.717, 1.165) is 5.69 Å². The van der Waals surface area contributed by atoms with Gasteiger partial charge in [0, 0.05) is 56.0 Å². The number of carbonyl (C=O) groups is 1. The number of carbonyl (C=O) groups excluding carboxylic acids is 1. The Bertz CT molecular complexity index is 1060. The molecule has 0 bridgehead atoms. The van der Waals surface area contributed by atoms with Crippen LogP contribution in [0.5, 0.6) is 0 Å². The van der Waals surface area contributed by atoms with Crippen LogP contribution in [0.2, 0.25) is 0 Å². The first-order valence-electron chi connectivity index (χ1n) is 11.3. The van der Waals surface area contributed by atoms with Crippen molar-refractivity contribution in [2.24, 2.45) is 5.92 Å². The van der Waals surface area contributed by atoms with E-state index < -0.39 is 0 Å². The van der Waals surface area contributed by atoms with Crippen LogP contribution >= 0.6 is 0 Å². The second-order valence-electron chi connectivity index (χ2n) is 8.80. The summed E-state index contributed by atoms with van der Waals surface area (Å²) in [5, 5.41) is 0. The maximum absolute atomic E-state index is 14.1. The topological polar surface area (TPSA) is 63.5 Å². The molecule has 3 aromatic rings. The number of ether oxygens (including phenoxy) is 1. The molecule has 1 fully saturated rings. The van der Waals surface area contributed by atoms with Crippen molar-refractivity contribution in [2.45, 2.75) is 33.1 Å². The zero-order valence-corrected chi connectivity index (χ0v) is 19.1. The molecule has 1 aromatic carbocycles. The molecule has 0 aliphatic carbocycles. The Kier molecular flexibility index (Phi) is 7.47. The van der Waals surface area contributed by atoms with E-state index in [9.17, 15) is 9.18 Å². The van der Waals surface area contributed by atoms with Gasteiger partial charge in [-0.1, -0.05) is 32.0 Å². The van der Waals surface area contributed by atoms with Crippen LogP contribution in [0.3, 0.4) is 0 Å². The molecule has 7 nitrogen and oxygen atoms in total. The summed E-state index contributed by atoms with van der Waals surface area (Å²) in [6.45, 7) is 6.93. The highest BCUT2D eigenvalue weighted by Gasteiger charge is 2.29. The van der Waals surface area contributed by atoms with Gasteiger partial charge in [-0.2, -0.15) is 0 Å². The third-order valence-corrected chi connectivity index (χ3v) is 5.60. The second-order valence-corrected chi connectivity index (χ2v) is 8.80. The van der Waals surface area contributed by atoms with Crippen molar-refractivity contribution in [1.29, 1.82) is 0 Å². The lowest BCUT2D eigenvalue weighted by Crippen LogP contribution is -2.40. The van der Waals surface area contributed by atoms with Crippen LogP contribution in [0.4, 0.5) is 4.39 Å². The summed E-state index contributed by atoms with van der Waals surface area (Å²) in [6.07, 6.45) is 5.10. The Morgan fingerprint density at radius 1 is 1.09 bits per heavy atom. The fourth-order valence-electron chi connectivity index (χ4n) is 4.10. The van der Waals surface area contributed by atoms with Crippen LogP contribution in [0.25, 0.3) is 5.95 Å². The van der Waals surface area contributed by atoms with Crippen molar-refractivity contribution in [3.8, 4) is 5.95 Å². The maximum Gasteiger partial charge on any atom is 0.236 e. The minimum Gasteiger partial charge on any atom is -0.370 e. The fraction of sp³-hybridized carbons (Fsp3) is 0.400. The van der Waals surface area contributed by atoms with Gasteiger partial charge in [0.2, 0.25) is 11.9 Å². The summed E-state index contributed by atoms with van der Waals surface area (Å²) in [4.78, 5) is 25.7. The van der Waals surface area contributed by atoms with E-state index >= 15 is 0 Å². The maximum atomic E-state index is 14.1. The predicted molar refractivity (Wildman–Crippen MR) is 123 cm³/mol. The first-order chi connectivity index (χ1) is 16.0. The molecule has 0 saturated carbocycles. The molecule has 0 spiro atoms. The van der Waals surface area contributed by atoms with E-state index in [-0.39, 0.29) is 24.4 Å². The Morgan fingerprint density at radius 2 is 1.88 bits per heavy atom. The molecule has 1 aliphatic heterocycles. The smallest absolute Gasteiger partial charge is 0.236 e. The quantitative estimate of drug-likeness (QED) is 0.526. The minimum atomic E-state index is -0.279. The van der Waals surface area contributed by atoms with E-state index in [1.807, 2.05) is 27.8 Å². The molecule has 2 aromatic heterocycles. The Morgan fingerprint density at radius 3 is 2.64 bits per heavy atom. The standard InChI is InChI=1S/C25H30FN5O2/c1-19(2)13-30-16-22(33-18-20-7-3-4-9-23(20)26)15-29(17-24(30)32)14-21-8-5-12-31(21)25-27-10-6-11-28-25/h3-12,19,22H,13-18H2,1-2H3. The summed E-state index contributed by atoms with van der Waals surface area (Å²) in [5.41, 5.74) is 1.50. The highest BCUT2D eigenvalue weighted by molar-refractivity contribution is 5.78. The molecule has 4 rings (SSSR count). The number of amides is 1. The Balaban J connectivity index is 1.51. The van der Waals surface area contributed by atoms with Gasteiger partial charge in [0.15, 0.2) is 0 Å². The van der Waals surface area contributed by atoms with Gasteiger partial charge >= 0.3 is 0 Å². The number of rotatable bonds is 8. The molecule has 3 heterocycles. The van der Waals surface area contributed by atoms with Gasteiger partial charge < -0.3 is 9.64 Å². The van der Waals surface area contributed by atoms with Crippen molar-refractivity contribution >= 4 is 5.91 Å². The molecule has 1 amide bonds. The summed E-state index contributed by atoms with van der Waals surface area (Å²) >= 11 is 0. The number of hydrogen-bond acceptors (Lipinski definition) is 5. The molecule has 1 atom stereocenters. The van der Waals surface area contributed by atoms with E-state index in [0.29, 0.717) is 50.2 Å². The van der Waals surface area contributed by atoms with Gasteiger partial charge in [0.05, 0.1) is 19.3 Å². The minimum absolute atomic E-state index is 0.0785. The normalized spacial score (nSPS) is 17.5. The monoisotopic (exact) mass is 451 g/mol. The van der Waals surface area contributed by atoms with Gasteiger partial charge in [-0.3, -0.25) is 14.3 Å². The summed E-state index contributed by atoms with van der Waals surface area (Å²) in [5.74, 6) is 0.737. The molecule has 1 saturated heterocycles. The van der Waals surface area contributed by atoms with Gasteiger partial charge in [0.25, 0.3) is 0 Å². The number of nitrogens with zero attached hydrogens (tertiary/aromatic N) is 5. The zero-order valence-electron chi connectivity index (χ0n) is 19.1. The number of halogens is 1. The Hall–Kier alpha value is -3.10. The van der Waals surface area contributed by atoms with Gasteiger partial charge in [0.1, 0.15) is 5.82 Å². The lowest BCUT2D eigenvalue weighted by Gasteiger charge is -2.26. The lowest BCUT2D eigenvalue weighted by molar-refractivity contribution is -0.132. The van der Waals surface area contributed by atoms with E-state index in [4.69, 9.17) is 4.74 Å². The molecule has 0 N–H and O–H groups in total. The van der Waals surface area contributed by atoms with Crippen LogP contribution in [-0.4, -0.2) is 62.5 Å². The third kappa shape index (κ3) is 6.03. The highest BCUT2D eigenvalue weighted by Crippen LogP contribution is 2.17. The van der Waals surface area contributed by atoms with Gasteiger partial charge in [-0.15, -0.1) is 0 Å². The summed E-state index contributed by atoms with van der Waals surface area (Å²) in [7, 11) is 0. The molecular weight excluding hydrogens is 421 g/mol. The fourth-order valence-corrected chi connectivity index (χ4v) is 4.10. The molecular formula is C25H30FN5O2. The SMILES string of the molecule is CC(C)CN1CC(OCc2ccccc2F)CN(Cc2cccn2-c2ncccn2)CC1=O. The van der Waals surface area contributed by atoms with E-state index in [1.165, 1.54) is 6.07 Å². The average Bonchev–Trinajstić information content (AvgIpc) is 3.20. The molecule has 1 aliphatic rings. The summed E-state index contributed by atoms with van der Waals surface area (Å²) < 4.78 is 22.2. The predicted octanol–water partition coefficient (Wildman–Crippen LogP) is 3.29. The van der Waals surface area contributed by atoms with Crippen molar-refractivity contribution in [1.82, 2.24) is 24.3 Å². The second kappa shape index (κ2) is 10.7. The molecule has 0 radical (unpaired) electrons. The highest BCUT2D eigenvalue weighted by atomic mass is 19.1. The number of benzene rings is 1. The zero-order chi connectivity index (χ0) is 23.2. The van der Waals surface area contributed by atoms with Crippen molar-refractivity contribution in [3.05, 3.63) is 78.1 Å². The first kappa shape index (κ1) is 23.1. The lowest BCUT2D eigenvalue weighted by atomic mass is 10.2. The van der Waals surface area contributed by atoms with Crippen LogP contribution in [0.1, 0.15) is 25.1 Å². The van der Waals surface area contributed by atoms with Crippen molar-refractivity contribution in [3.63, 3.8) is 0 Å². The molecule has 1 unspecified atom stereocenters. The molecule has 8 heteroatoms.